The van der Waals surface area contributed by atoms with Crippen LogP contribution in [0.25, 0.3) is 0 Å². The second kappa shape index (κ2) is 7.65. The van der Waals surface area contributed by atoms with Crippen molar-refractivity contribution >= 4 is 6.09 Å². The Balaban J connectivity index is 1.41. The Kier molecular flexibility index (Phi) is 4.97. The van der Waals surface area contributed by atoms with Gasteiger partial charge in [-0.2, -0.15) is 0 Å². The fourth-order valence-electron chi connectivity index (χ4n) is 5.22. The van der Waals surface area contributed by atoms with Crippen LogP contribution in [0.4, 0.5) is 13.6 Å². The molecule has 2 aromatic rings. The smallest absolute Gasteiger partial charge is 0.410 e. The van der Waals surface area contributed by atoms with E-state index in [1.54, 1.807) is 11.0 Å². The Labute approximate surface area is 175 Å². The normalized spacial score (nSPS) is 27.6. The van der Waals surface area contributed by atoms with Crippen molar-refractivity contribution in [3.8, 4) is 0 Å². The summed E-state index contributed by atoms with van der Waals surface area (Å²) in [6.07, 6.45) is 3.54. The van der Waals surface area contributed by atoms with Crippen molar-refractivity contribution in [2.45, 2.75) is 31.7 Å². The summed E-state index contributed by atoms with van der Waals surface area (Å²) in [6, 6.07) is 11.2. The van der Waals surface area contributed by atoms with Crippen LogP contribution in [-0.2, 0) is 11.2 Å². The summed E-state index contributed by atoms with van der Waals surface area (Å²) >= 11 is 0. The number of fused-ring (bicyclic) bond motifs is 4. The van der Waals surface area contributed by atoms with Crippen molar-refractivity contribution in [3.05, 3.63) is 70.8 Å². The van der Waals surface area contributed by atoms with Gasteiger partial charge in [-0.3, -0.25) is 4.90 Å². The summed E-state index contributed by atoms with van der Waals surface area (Å²) in [5.41, 5.74) is 2.71. The maximum atomic E-state index is 14.0. The molecule has 1 unspecified atom stereocenters. The van der Waals surface area contributed by atoms with Gasteiger partial charge in [-0.25, -0.2) is 13.6 Å². The third-order valence-corrected chi connectivity index (χ3v) is 7.15. The first-order chi connectivity index (χ1) is 14.5. The summed E-state index contributed by atoms with van der Waals surface area (Å²) in [6.45, 7) is 4.15. The number of nitrogens with zero attached hydrogens (tertiary/aromatic N) is 2. The predicted octanol–water partition coefficient (Wildman–Crippen LogP) is 4.53. The lowest BCUT2D eigenvalue weighted by Gasteiger charge is -2.48. The van der Waals surface area contributed by atoms with Gasteiger partial charge in [-0.05, 0) is 74.1 Å². The first-order valence-corrected chi connectivity index (χ1v) is 10.7. The highest BCUT2D eigenvalue weighted by Gasteiger charge is 2.41. The van der Waals surface area contributed by atoms with Gasteiger partial charge in [-0.15, -0.1) is 0 Å². The number of halogens is 2. The lowest BCUT2D eigenvalue weighted by atomic mass is 9.73. The van der Waals surface area contributed by atoms with Gasteiger partial charge in [0.2, 0.25) is 0 Å². The molecule has 4 aliphatic rings. The third-order valence-electron chi connectivity index (χ3n) is 7.15. The fourth-order valence-corrected chi connectivity index (χ4v) is 5.22. The maximum absolute atomic E-state index is 14.0. The molecule has 6 rings (SSSR count). The molecular weight excluding hydrogens is 386 g/mol. The predicted molar refractivity (Wildman–Crippen MR) is 109 cm³/mol. The molecule has 158 valence electrons. The summed E-state index contributed by atoms with van der Waals surface area (Å²) in [4.78, 5) is 17.3. The van der Waals surface area contributed by atoms with Gasteiger partial charge in [0.25, 0.3) is 0 Å². The van der Waals surface area contributed by atoms with Crippen LogP contribution in [0.5, 0.6) is 0 Å². The average molecular weight is 412 g/mol. The number of carbonyl (C=O) groups is 1. The number of amides is 1. The maximum Gasteiger partial charge on any atom is 0.410 e. The van der Waals surface area contributed by atoms with E-state index >= 15 is 0 Å². The van der Waals surface area contributed by atoms with Crippen LogP contribution in [-0.4, -0.2) is 48.7 Å². The van der Waals surface area contributed by atoms with E-state index in [0.29, 0.717) is 25.1 Å². The molecule has 0 N–H and O–H groups in total. The van der Waals surface area contributed by atoms with Gasteiger partial charge in [-0.1, -0.05) is 30.3 Å². The molecule has 3 fully saturated rings. The van der Waals surface area contributed by atoms with Crippen LogP contribution >= 0.6 is 0 Å². The molecule has 1 atom stereocenters. The zero-order chi connectivity index (χ0) is 20.7. The van der Waals surface area contributed by atoms with Crippen LogP contribution in [0.15, 0.2) is 42.5 Å². The Morgan fingerprint density at radius 3 is 2.47 bits per heavy atom. The van der Waals surface area contributed by atoms with E-state index in [-0.39, 0.29) is 11.5 Å². The molecule has 4 heterocycles. The summed E-state index contributed by atoms with van der Waals surface area (Å²) in [5, 5.41) is 0. The van der Waals surface area contributed by atoms with E-state index in [1.165, 1.54) is 6.07 Å². The van der Waals surface area contributed by atoms with Crippen LogP contribution in [0.2, 0.25) is 0 Å². The van der Waals surface area contributed by atoms with Gasteiger partial charge >= 0.3 is 6.09 Å². The number of benzene rings is 2. The topological polar surface area (TPSA) is 32.8 Å². The van der Waals surface area contributed by atoms with Crippen LogP contribution in [0, 0.1) is 17.0 Å². The first kappa shape index (κ1) is 19.5. The third kappa shape index (κ3) is 3.47. The number of piperidine rings is 3. The van der Waals surface area contributed by atoms with E-state index in [9.17, 15) is 13.6 Å². The molecule has 2 aromatic carbocycles. The second-order valence-electron chi connectivity index (χ2n) is 8.86. The van der Waals surface area contributed by atoms with Gasteiger partial charge in [0.15, 0.2) is 11.6 Å². The molecule has 0 spiro atoms. The van der Waals surface area contributed by atoms with E-state index in [1.807, 2.05) is 24.3 Å². The molecule has 6 heteroatoms. The van der Waals surface area contributed by atoms with Gasteiger partial charge < -0.3 is 9.64 Å². The van der Waals surface area contributed by atoms with Crippen LogP contribution < -0.4 is 0 Å². The number of carbonyl (C=O) groups excluding carboxylic acids is 1. The molecule has 4 nitrogen and oxygen atoms in total. The Morgan fingerprint density at radius 2 is 1.73 bits per heavy atom. The van der Waals surface area contributed by atoms with Crippen molar-refractivity contribution in [1.29, 1.82) is 0 Å². The zero-order valence-electron chi connectivity index (χ0n) is 16.9. The van der Waals surface area contributed by atoms with Gasteiger partial charge in [0.05, 0.1) is 12.6 Å². The molecule has 30 heavy (non-hydrogen) atoms. The van der Waals surface area contributed by atoms with Crippen LogP contribution in [0.1, 0.15) is 42.0 Å². The monoisotopic (exact) mass is 412 g/mol. The standard InChI is InChI=1S/C24H26F2N2O2/c25-20-6-5-18(15-21(20)26)22-19-4-2-1-3-17(19)7-11-28(22)23(29)30-16-24-8-12-27(13-9-24)14-10-24/h1-6,15,22H,7-14,16H2. The SMILES string of the molecule is O=C(OCC12CCN(CC1)CC2)N1CCc2ccccc2C1c1ccc(F)c(F)c1. The van der Waals surface area contributed by atoms with Crippen molar-refractivity contribution in [2.75, 3.05) is 32.8 Å². The fraction of sp³-hybridized carbons (Fsp3) is 0.458. The largest absolute Gasteiger partial charge is 0.449 e. The van der Waals surface area contributed by atoms with E-state index in [2.05, 4.69) is 4.90 Å². The van der Waals surface area contributed by atoms with Crippen molar-refractivity contribution in [1.82, 2.24) is 9.80 Å². The minimum absolute atomic E-state index is 0.0928. The average Bonchev–Trinajstić information content (AvgIpc) is 2.80. The van der Waals surface area contributed by atoms with E-state index in [0.717, 1.165) is 56.1 Å². The number of hydrogen-bond donors (Lipinski definition) is 0. The summed E-state index contributed by atoms with van der Waals surface area (Å²) in [5.74, 6) is -1.79. The summed E-state index contributed by atoms with van der Waals surface area (Å²) < 4.78 is 33.4. The van der Waals surface area contributed by atoms with E-state index in [4.69, 9.17) is 4.74 Å². The highest BCUT2D eigenvalue weighted by Crippen LogP contribution is 2.41. The van der Waals surface area contributed by atoms with Crippen molar-refractivity contribution in [3.63, 3.8) is 0 Å². The van der Waals surface area contributed by atoms with Crippen LogP contribution in [0.3, 0.4) is 0 Å². The lowest BCUT2D eigenvalue weighted by molar-refractivity contribution is -0.0300. The Bertz CT molecular complexity index is 942. The molecular formula is C24H26F2N2O2. The summed E-state index contributed by atoms with van der Waals surface area (Å²) in [7, 11) is 0. The van der Waals surface area contributed by atoms with Crippen molar-refractivity contribution < 1.29 is 18.3 Å². The second-order valence-corrected chi connectivity index (χ2v) is 8.86. The first-order valence-electron chi connectivity index (χ1n) is 10.7. The number of hydrogen-bond acceptors (Lipinski definition) is 3. The Morgan fingerprint density at radius 1 is 1.00 bits per heavy atom. The zero-order valence-corrected chi connectivity index (χ0v) is 16.9. The van der Waals surface area contributed by atoms with Gasteiger partial charge in [0, 0.05) is 12.0 Å². The lowest BCUT2D eigenvalue weighted by Crippen LogP contribution is -2.51. The Hall–Kier alpha value is -2.47. The molecule has 4 aliphatic heterocycles. The molecule has 0 aromatic heterocycles. The molecule has 2 bridgehead atoms. The molecule has 0 aliphatic carbocycles. The molecule has 1 amide bonds. The highest BCUT2D eigenvalue weighted by molar-refractivity contribution is 5.70. The minimum atomic E-state index is -0.906. The minimum Gasteiger partial charge on any atom is -0.449 e. The van der Waals surface area contributed by atoms with Gasteiger partial charge in [0.1, 0.15) is 0 Å². The molecule has 0 radical (unpaired) electrons. The molecule has 0 saturated carbocycles. The van der Waals surface area contributed by atoms with Crippen molar-refractivity contribution in [2.24, 2.45) is 5.41 Å². The van der Waals surface area contributed by atoms with E-state index < -0.39 is 17.7 Å². The highest BCUT2D eigenvalue weighted by atomic mass is 19.2. The quantitative estimate of drug-likeness (QED) is 0.742. The number of ether oxygens (including phenoxy) is 1. The molecule has 3 saturated heterocycles. The number of rotatable bonds is 3.